The van der Waals surface area contributed by atoms with Crippen LogP contribution in [0.15, 0.2) is 60.9 Å². The first-order chi connectivity index (χ1) is 16.9. The van der Waals surface area contributed by atoms with E-state index in [9.17, 15) is 13.6 Å². The second-order valence-corrected chi connectivity index (χ2v) is 8.53. The number of nitrogen functional groups attached to an aromatic ring is 1. The zero-order chi connectivity index (χ0) is 24.5. The highest BCUT2D eigenvalue weighted by Crippen LogP contribution is 2.34. The number of halogens is 3. The van der Waals surface area contributed by atoms with Crippen LogP contribution in [0.25, 0.3) is 22.4 Å². The van der Waals surface area contributed by atoms with Gasteiger partial charge in [0.15, 0.2) is 0 Å². The van der Waals surface area contributed by atoms with Crippen LogP contribution < -0.4 is 10.6 Å². The molecule has 2 aromatic heterocycles. The Morgan fingerprint density at radius 2 is 1.80 bits per heavy atom. The van der Waals surface area contributed by atoms with Crippen LogP contribution in [0.3, 0.4) is 0 Å². The molecule has 1 aliphatic rings. The predicted molar refractivity (Wildman–Crippen MR) is 131 cm³/mol. The number of para-hydroxylation sites is 1. The summed E-state index contributed by atoms with van der Waals surface area (Å²) >= 11 is 5.96. The molecule has 3 heterocycles. The molecule has 0 radical (unpaired) electrons. The SMILES string of the molecule is Nc1ncc(-c2cccc(Cl)c2F)c(-c2c[nH]c(C(=O)N3CCN(c4ccccc4F)CC3)c2)n1. The number of nitrogens with two attached hydrogens (primary N) is 1. The Morgan fingerprint density at radius 1 is 1.03 bits per heavy atom. The number of aromatic amines is 1. The summed E-state index contributed by atoms with van der Waals surface area (Å²) in [4.78, 5) is 28.1. The second kappa shape index (κ2) is 9.34. The average molecular weight is 495 g/mol. The van der Waals surface area contributed by atoms with Crippen LogP contribution in [0.5, 0.6) is 0 Å². The first-order valence-corrected chi connectivity index (χ1v) is 11.3. The topological polar surface area (TPSA) is 91.1 Å². The van der Waals surface area contributed by atoms with E-state index in [0.29, 0.717) is 54.4 Å². The lowest BCUT2D eigenvalue weighted by Gasteiger charge is -2.36. The van der Waals surface area contributed by atoms with Crippen LogP contribution >= 0.6 is 11.6 Å². The van der Waals surface area contributed by atoms with Crippen LogP contribution in [-0.2, 0) is 0 Å². The van der Waals surface area contributed by atoms with E-state index in [1.807, 2.05) is 4.90 Å². The van der Waals surface area contributed by atoms with Gasteiger partial charge in [0.05, 0.1) is 16.4 Å². The number of hydrogen-bond donors (Lipinski definition) is 2. The second-order valence-electron chi connectivity index (χ2n) is 8.12. The summed E-state index contributed by atoms with van der Waals surface area (Å²) in [6.07, 6.45) is 3.05. The molecule has 10 heteroatoms. The fraction of sp³-hybridized carbons (Fsp3) is 0.160. The van der Waals surface area contributed by atoms with Crippen LogP contribution in [0.4, 0.5) is 20.4 Å². The van der Waals surface area contributed by atoms with Gasteiger partial charge in [-0.05, 0) is 24.3 Å². The smallest absolute Gasteiger partial charge is 0.270 e. The molecule has 2 aromatic carbocycles. The number of H-pyrrole nitrogens is 1. The van der Waals surface area contributed by atoms with Gasteiger partial charge in [0, 0.05) is 55.3 Å². The van der Waals surface area contributed by atoms with Crippen molar-refractivity contribution in [3.05, 3.63) is 83.3 Å². The summed E-state index contributed by atoms with van der Waals surface area (Å²) in [5, 5.41) is -0.0234. The molecule has 1 saturated heterocycles. The van der Waals surface area contributed by atoms with Crippen molar-refractivity contribution >= 4 is 29.1 Å². The zero-order valence-electron chi connectivity index (χ0n) is 18.5. The minimum absolute atomic E-state index is 0.0181. The lowest BCUT2D eigenvalue weighted by molar-refractivity contribution is 0.0741. The number of aromatic nitrogens is 3. The minimum atomic E-state index is -0.594. The Morgan fingerprint density at radius 3 is 2.57 bits per heavy atom. The number of amides is 1. The number of benzene rings is 2. The maximum atomic E-state index is 14.7. The fourth-order valence-electron chi connectivity index (χ4n) is 4.21. The van der Waals surface area contributed by atoms with Gasteiger partial charge in [0.25, 0.3) is 5.91 Å². The molecule has 3 N–H and O–H groups in total. The Bertz CT molecular complexity index is 1400. The Balaban J connectivity index is 1.37. The van der Waals surface area contributed by atoms with Gasteiger partial charge in [0.2, 0.25) is 5.95 Å². The van der Waals surface area contributed by atoms with E-state index < -0.39 is 5.82 Å². The van der Waals surface area contributed by atoms with Gasteiger partial charge in [-0.25, -0.2) is 18.7 Å². The largest absolute Gasteiger partial charge is 0.368 e. The summed E-state index contributed by atoms with van der Waals surface area (Å²) in [7, 11) is 0. The van der Waals surface area contributed by atoms with Gasteiger partial charge in [-0.2, -0.15) is 0 Å². The van der Waals surface area contributed by atoms with E-state index >= 15 is 0 Å². The van der Waals surface area contributed by atoms with Crippen LogP contribution in [0.2, 0.25) is 5.02 Å². The number of rotatable bonds is 4. The molecular formula is C25H21ClF2N6O. The summed E-state index contributed by atoms with van der Waals surface area (Å²) in [5.41, 5.74) is 8.25. The molecule has 0 spiro atoms. The summed E-state index contributed by atoms with van der Waals surface area (Å²) in [6, 6.07) is 12.9. The molecule has 5 rings (SSSR count). The summed E-state index contributed by atoms with van der Waals surface area (Å²) in [5.74, 6) is -1.05. The normalized spacial score (nSPS) is 13.8. The molecule has 0 aliphatic carbocycles. The van der Waals surface area contributed by atoms with Crippen LogP contribution in [0, 0.1) is 11.6 Å². The summed E-state index contributed by atoms with van der Waals surface area (Å²) in [6.45, 7) is 1.92. The molecule has 4 aromatic rings. The third-order valence-electron chi connectivity index (χ3n) is 6.00. The number of nitrogens with zero attached hydrogens (tertiary/aromatic N) is 4. The maximum Gasteiger partial charge on any atom is 0.270 e. The molecule has 0 atom stereocenters. The standard InChI is InChI=1S/C25H21ClF2N6O/c26-18-5-3-4-16(22(18)28)17-14-31-25(29)32-23(17)15-12-20(30-13-15)24(35)34-10-8-33(9-11-34)21-7-2-1-6-19(21)27/h1-7,12-14,30H,8-11H2,(H2,29,31,32). The minimum Gasteiger partial charge on any atom is -0.368 e. The predicted octanol–water partition coefficient (Wildman–Crippen LogP) is 4.61. The number of anilines is 2. The molecule has 1 fully saturated rings. The van der Waals surface area contributed by atoms with Gasteiger partial charge >= 0.3 is 0 Å². The quantitative estimate of drug-likeness (QED) is 0.432. The number of hydrogen-bond acceptors (Lipinski definition) is 5. The molecule has 0 saturated carbocycles. The average Bonchev–Trinajstić information content (AvgIpc) is 3.36. The maximum absolute atomic E-state index is 14.7. The van der Waals surface area contributed by atoms with E-state index in [4.69, 9.17) is 17.3 Å². The lowest BCUT2D eigenvalue weighted by atomic mass is 10.0. The lowest BCUT2D eigenvalue weighted by Crippen LogP contribution is -2.49. The monoisotopic (exact) mass is 494 g/mol. The molecule has 0 unspecified atom stereocenters. The Kier molecular flexibility index (Phi) is 6.08. The van der Waals surface area contributed by atoms with Crippen molar-refractivity contribution in [2.75, 3.05) is 36.8 Å². The van der Waals surface area contributed by atoms with E-state index in [0.717, 1.165) is 0 Å². The van der Waals surface area contributed by atoms with Crippen molar-refractivity contribution in [3.63, 3.8) is 0 Å². The van der Waals surface area contributed by atoms with Crippen molar-refractivity contribution in [1.29, 1.82) is 0 Å². The van der Waals surface area contributed by atoms with Crippen molar-refractivity contribution in [2.24, 2.45) is 0 Å². The first-order valence-electron chi connectivity index (χ1n) is 11.0. The molecule has 1 amide bonds. The van der Waals surface area contributed by atoms with Gasteiger partial charge in [-0.3, -0.25) is 4.79 Å². The van der Waals surface area contributed by atoms with Gasteiger partial charge in [-0.1, -0.05) is 35.9 Å². The summed E-state index contributed by atoms with van der Waals surface area (Å²) < 4.78 is 28.8. The molecule has 0 bridgehead atoms. The third kappa shape index (κ3) is 4.42. The highest BCUT2D eigenvalue weighted by molar-refractivity contribution is 6.31. The van der Waals surface area contributed by atoms with Gasteiger partial charge in [0.1, 0.15) is 17.3 Å². The number of carbonyl (C=O) groups excluding carboxylic acids is 1. The van der Waals surface area contributed by atoms with E-state index in [-0.39, 0.29) is 28.3 Å². The van der Waals surface area contributed by atoms with Crippen molar-refractivity contribution in [3.8, 4) is 22.4 Å². The molecular weight excluding hydrogens is 474 g/mol. The highest BCUT2D eigenvalue weighted by atomic mass is 35.5. The van der Waals surface area contributed by atoms with Gasteiger partial charge in [-0.15, -0.1) is 0 Å². The number of nitrogens with one attached hydrogen (secondary N) is 1. The van der Waals surface area contributed by atoms with Crippen molar-refractivity contribution < 1.29 is 13.6 Å². The van der Waals surface area contributed by atoms with Crippen LogP contribution in [0.1, 0.15) is 10.5 Å². The van der Waals surface area contributed by atoms with E-state index in [1.54, 1.807) is 47.5 Å². The Labute approximate surface area is 205 Å². The van der Waals surface area contributed by atoms with Crippen molar-refractivity contribution in [2.45, 2.75) is 0 Å². The highest BCUT2D eigenvalue weighted by Gasteiger charge is 2.25. The van der Waals surface area contributed by atoms with E-state index in [1.165, 1.54) is 18.3 Å². The third-order valence-corrected chi connectivity index (χ3v) is 6.29. The van der Waals surface area contributed by atoms with Crippen LogP contribution in [-0.4, -0.2) is 51.9 Å². The number of piperazine rings is 1. The number of carbonyl (C=O) groups is 1. The van der Waals surface area contributed by atoms with E-state index in [2.05, 4.69) is 15.0 Å². The first kappa shape index (κ1) is 22.8. The Hall–Kier alpha value is -3.98. The fourth-order valence-corrected chi connectivity index (χ4v) is 4.38. The van der Waals surface area contributed by atoms with Gasteiger partial charge < -0.3 is 20.5 Å². The molecule has 7 nitrogen and oxygen atoms in total. The van der Waals surface area contributed by atoms with Crippen molar-refractivity contribution in [1.82, 2.24) is 19.9 Å². The molecule has 1 aliphatic heterocycles. The zero-order valence-corrected chi connectivity index (χ0v) is 19.3. The molecule has 35 heavy (non-hydrogen) atoms. The molecule has 178 valence electrons.